The predicted molar refractivity (Wildman–Crippen MR) is 73.7 cm³/mol. The van der Waals surface area contributed by atoms with Crippen LogP contribution in [0.5, 0.6) is 0 Å². The maximum atomic E-state index is 9.30. The number of ether oxygens (including phenoxy) is 1. The number of aliphatic hydroxyl groups excluding tert-OH is 1. The van der Waals surface area contributed by atoms with Crippen LogP contribution in [0, 0.1) is 0 Å². The molecule has 0 aliphatic carbocycles. The van der Waals surface area contributed by atoms with Gasteiger partial charge in [-0.3, -0.25) is 4.90 Å². The molecule has 1 aromatic rings. The molecule has 4 unspecified atom stereocenters. The summed E-state index contributed by atoms with van der Waals surface area (Å²) in [4.78, 5) is 3.63. The lowest BCUT2D eigenvalue weighted by molar-refractivity contribution is -0.107. The number of morpholine rings is 1. The van der Waals surface area contributed by atoms with Crippen LogP contribution in [0.2, 0.25) is 0 Å². The van der Waals surface area contributed by atoms with E-state index >= 15 is 0 Å². The summed E-state index contributed by atoms with van der Waals surface area (Å²) in [7, 11) is 0. The zero-order chi connectivity index (χ0) is 13.1. The van der Waals surface area contributed by atoms with Crippen molar-refractivity contribution in [2.24, 2.45) is 5.73 Å². The first-order valence-corrected chi connectivity index (χ1v) is 7.29. The molecule has 102 valence electrons. The summed E-state index contributed by atoms with van der Waals surface area (Å²) in [6.45, 7) is 5.75. The zero-order valence-corrected chi connectivity index (χ0v) is 11.8. The second-order valence-corrected chi connectivity index (χ2v) is 6.00. The average molecular weight is 270 g/mol. The van der Waals surface area contributed by atoms with Crippen LogP contribution < -0.4 is 5.73 Å². The third kappa shape index (κ3) is 3.10. The van der Waals surface area contributed by atoms with Crippen molar-refractivity contribution in [1.29, 1.82) is 0 Å². The molecule has 0 bridgehead atoms. The van der Waals surface area contributed by atoms with Crippen molar-refractivity contribution >= 4 is 11.3 Å². The molecule has 0 spiro atoms. The lowest BCUT2D eigenvalue weighted by Gasteiger charge is -2.41. The number of hydrogen-bond acceptors (Lipinski definition) is 5. The van der Waals surface area contributed by atoms with Crippen molar-refractivity contribution in [3.05, 3.63) is 22.4 Å². The summed E-state index contributed by atoms with van der Waals surface area (Å²) in [5.74, 6) is 0. The number of nitrogens with zero attached hydrogens (tertiary/aromatic N) is 1. The summed E-state index contributed by atoms with van der Waals surface area (Å²) in [5, 5.41) is 11.4. The second kappa shape index (κ2) is 6.12. The normalized spacial score (nSPS) is 29.1. The molecule has 1 aliphatic rings. The number of nitrogens with two attached hydrogens (primary N) is 1. The number of aliphatic hydroxyl groups is 1. The van der Waals surface area contributed by atoms with Crippen molar-refractivity contribution in [2.45, 2.75) is 38.1 Å². The Morgan fingerprint density at radius 2 is 2.39 bits per heavy atom. The van der Waals surface area contributed by atoms with Gasteiger partial charge in [-0.15, -0.1) is 11.3 Å². The molecule has 4 atom stereocenters. The SMILES string of the molecule is CC1CN(C(c2cccs2)C(C)N)CC(CO)O1. The van der Waals surface area contributed by atoms with Crippen LogP contribution in [0.15, 0.2) is 17.5 Å². The molecular weight excluding hydrogens is 248 g/mol. The van der Waals surface area contributed by atoms with Crippen molar-refractivity contribution < 1.29 is 9.84 Å². The lowest BCUT2D eigenvalue weighted by Crippen LogP contribution is -2.52. The minimum absolute atomic E-state index is 0.0632. The number of rotatable bonds is 4. The van der Waals surface area contributed by atoms with Gasteiger partial charge >= 0.3 is 0 Å². The van der Waals surface area contributed by atoms with Crippen LogP contribution >= 0.6 is 11.3 Å². The maximum Gasteiger partial charge on any atom is 0.0936 e. The molecule has 1 saturated heterocycles. The first-order chi connectivity index (χ1) is 8.61. The highest BCUT2D eigenvalue weighted by Gasteiger charge is 2.32. The molecule has 0 radical (unpaired) electrons. The van der Waals surface area contributed by atoms with Gasteiger partial charge in [0.2, 0.25) is 0 Å². The van der Waals surface area contributed by atoms with Crippen molar-refractivity contribution in [3.8, 4) is 0 Å². The molecule has 1 fully saturated rings. The molecule has 0 aromatic carbocycles. The minimum atomic E-state index is -0.102. The van der Waals surface area contributed by atoms with Crippen LogP contribution in [0.4, 0.5) is 0 Å². The fraction of sp³-hybridized carbons (Fsp3) is 0.692. The van der Waals surface area contributed by atoms with E-state index in [-0.39, 0.29) is 30.9 Å². The monoisotopic (exact) mass is 270 g/mol. The summed E-state index contributed by atoms with van der Waals surface area (Å²) in [6, 6.07) is 4.47. The minimum Gasteiger partial charge on any atom is -0.394 e. The predicted octanol–water partition coefficient (Wildman–Crippen LogP) is 1.22. The molecule has 18 heavy (non-hydrogen) atoms. The first-order valence-electron chi connectivity index (χ1n) is 6.41. The third-order valence-electron chi connectivity index (χ3n) is 3.28. The van der Waals surface area contributed by atoms with E-state index in [0.29, 0.717) is 0 Å². The Morgan fingerprint density at radius 1 is 1.61 bits per heavy atom. The Labute approximate surface area is 112 Å². The molecule has 2 rings (SSSR count). The van der Waals surface area contributed by atoms with E-state index in [2.05, 4.69) is 22.4 Å². The van der Waals surface area contributed by atoms with E-state index in [4.69, 9.17) is 10.5 Å². The van der Waals surface area contributed by atoms with E-state index < -0.39 is 0 Å². The number of hydrogen-bond donors (Lipinski definition) is 2. The summed E-state index contributed by atoms with van der Waals surface area (Å²) in [6.07, 6.45) is 0.0343. The molecule has 2 heterocycles. The molecule has 0 saturated carbocycles. The van der Waals surface area contributed by atoms with Gasteiger partial charge in [0.1, 0.15) is 0 Å². The topological polar surface area (TPSA) is 58.7 Å². The lowest BCUT2D eigenvalue weighted by atomic mass is 10.0. The highest BCUT2D eigenvalue weighted by Crippen LogP contribution is 2.30. The highest BCUT2D eigenvalue weighted by molar-refractivity contribution is 7.10. The Bertz CT molecular complexity index is 356. The fourth-order valence-corrected chi connectivity index (χ4v) is 3.61. The molecule has 1 aromatic heterocycles. The molecule has 1 aliphatic heterocycles. The van der Waals surface area contributed by atoms with Crippen molar-refractivity contribution in [1.82, 2.24) is 4.90 Å². The standard InChI is InChI=1S/C13H22N2O2S/c1-9-6-15(7-11(8-16)17-9)13(10(2)14)12-4-3-5-18-12/h3-5,9-11,13,16H,6-8,14H2,1-2H3. The summed E-state index contributed by atoms with van der Waals surface area (Å²) in [5.41, 5.74) is 6.15. The van der Waals surface area contributed by atoms with Crippen LogP contribution in [0.25, 0.3) is 0 Å². The van der Waals surface area contributed by atoms with Gasteiger partial charge in [0.15, 0.2) is 0 Å². The molecule has 5 heteroatoms. The quantitative estimate of drug-likeness (QED) is 0.863. The van der Waals surface area contributed by atoms with Crippen molar-refractivity contribution in [3.63, 3.8) is 0 Å². The first kappa shape index (κ1) is 14.0. The summed E-state index contributed by atoms with van der Waals surface area (Å²) < 4.78 is 5.68. The van der Waals surface area contributed by atoms with Gasteiger partial charge in [0, 0.05) is 24.0 Å². The van der Waals surface area contributed by atoms with Gasteiger partial charge < -0.3 is 15.6 Å². The smallest absolute Gasteiger partial charge is 0.0936 e. The maximum absolute atomic E-state index is 9.30. The van der Waals surface area contributed by atoms with E-state index in [0.717, 1.165) is 13.1 Å². The molecule has 0 amide bonds. The van der Waals surface area contributed by atoms with Gasteiger partial charge in [-0.25, -0.2) is 0 Å². The van der Waals surface area contributed by atoms with Gasteiger partial charge in [0.05, 0.1) is 24.9 Å². The summed E-state index contributed by atoms with van der Waals surface area (Å²) >= 11 is 1.74. The molecule has 3 N–H and O–H groups in total. The van der Waals surface area contributed by atoms with Gasteiger partial charge in [-0.1, -0.05) is 6.07 Å². The highest BCUT2D eigenvalue weighted by atomic mass is 32.1. The molecule has 4 nitrogen and oxygen atoms in total. The Kier molecular flexibility index (Phi) is 4.75. The molecular formula is C13H22N2O2S. The third-order valence-corrected chi connectivity index (χ3v) is 4.23. The van der Waals surface area contributed by atoms with Crippen LogP contribution in [-0.2, 0) is 4.74 Å². The average Bonchev–Trinajstić information content (AvgIpc) is 2.81. The Morgan fingerprint density at radius 3 is 2.94 bits per heavy atom. The van der Waals surface area contributed by atoms with Gasteiger partial charge in [-0.2, -0.15) is 0 Å². The zero-order valence-electron chi connectivity index (χ0n) is 11.0. The van der Waals surface area contributed by atoms with Gasteiger partial charge in [0.25, 0.3) is 0 Å². The largest absolute Gasteiger partial charge is 0.394 e. The van der Waals surface area contributed by atoms with E-state index in [1.54, 1.807) is 11.3 Å². The second-order valence-electron chi connectivity index (χ2n) is 5.02. The fourth-order valence-electron chi connectivity index (χ4n) is 2.64. The van der Waals surface area contributed by atoms with E-state index in [1.165, 1.54) is 4.88 Å². The van der Waals surface area contributed by atoms with Crippen LogP contribution in [-0.4, -0.2) is 48.0 Å². The van der Waals surface area contributed by atoms with Gasteiger partial charge in [-0.05, 0) is 25.3 Å². The van der Waals surface area contributed by atoms with E-state index in [1.807, 2.05) is 13.8 Å². The Hall–Kier alpha value is -0.460. The van der Waals surface area contributed by atoms with Crippen LogP contribution in [0.3, 0.4) is 0 Å². The van der Waals surface area contributed by atoms with E-state index in [9.17, 15) is 5.11 Å². The number of thiophene rings is 1. The van der Waals surface area contributed by atoms with Crippen LogP contribution in [0.1, 0.15) is 24.8 Å². The van der Waals surface area contributed by atoms with Crippen molar-refractivity contribution in [2.75, 3.05) is 19.7 Å². The Balaban J connectivity index is 2.15.